The molecule has 2 fully saturated rings. The third kappa shape index (κ3) is 1.24. The van der Waals surface area contributed by atoms with Gasteiger partial charge in [0.2, 0.25) is 5.79 Å². The Bertz CT molecular complexity index is 206. The summed E-state index contributed by atoms with van der Waals surface area (Å²) in [5.41, 5.74) is 0.00299. The van der Waals surface area contributed by atoms with Crippen LogP contribution in [0.5, 0.6) is 0 Å². The molecule has 2 aliphatic rings. The van der Waals surface area contributed by atoms with E-state index in [2.05, 4.69) is 6.58 Å². The zero-order chi connectivity index (χ0) is 9.36. The van der Waals surface area contributed by atoms with Crippen LogP contribution in [0.15, 0.2) is 12.7 Å². The van der Waals surface area contributed by atoms with Crippen molar-refractivity contribution in [3.63, 3.8) is 0 Å². The van der Waals surface area contributed by atoms with Crippen LogP contribution in [-0.4, -0.2) is 18.0 Å². The summed E-state index contributed by atoms with van der Waals surface area (Å²) in [7, 11) is 0. The minimum atomic E-state index is -0.428. The molecule has 0 amide bonds. The smallest absolute Gasteiger partial charge is 0.218 e. The fraction of sp³-hybridized carbons (Fsp3) is 0.818. The number of rotatable bonds is 3. The van der Waals surface area contributed by atoms with Crippen LogP contribution in [0.2, 0.25) is 0 Å². The molecule has 1 heterocycles. The summed E-state index contributed by atoms with van der Waals surface area (Å²) in [5, 5.41) is 0. The van der Waals surface area contributed by atoms with Gasteiger partial charge in [-0.3, -0.25) is 0 Å². The van der Waals surface area contributed by atoms with Gasteiger partial charge in [-0.2, -0.15) is 0 Å². The predicted molar refractivity (Wildman–Crippen MR) is 51.5 cm³/mol. The Balaban J connectivity index is 2.06. The Kier molecular flexibility index (Phi) is 2.20. The molecule has 0 aromatic heterocycles. The second-order valence-electron chi connectivity index (χ2n) is 3.96. The number of hydrogen-bond donors (Lipinski definition) is 0. The first-order chi connectivity index (χ1) is 6.29. The molecule has 1 saturated carbocycles. The Morgan fingerprint density at radius 1 is 1.38 bits per heavy atom. The molecule has 1 spiro atoms. The van der Waals surface area contributed by atoms with E-state index in [0.29, 0.717) is 6.61 Å². The molecule has 0 bridgehead atoms. The van der Waals surface area contributed by atoms with E-state index in [-0.39, 0.29) is 5.60 Å². The first-order valence-corrected chi connectivity index (χ1v) is 5.26. The lowest BCUT2D eigenvalue weighted by Crippen LogP contribution is -2.29. The van der Waals surface area contributed by atoms with Crippen LogP contribution >= 0.6 is 0 Å². The largest absolute Gasteiger partial charge is 0.344 e. The lowest BCUT2D eigenvalue weighted by atomic mass is 9.85. The van der Waals surface area contributed by atoms with Crippen molar-refractivity contribution in [2.24, 2.45) is 0 Å². The van der Waals surface area contributed by atoms with Gasteiger partial charge in [0.15, 0.2) is 0 Å². The van der Waals surface area contributed by atoms with Crippen molar-refractivity contribution in [2.75, 3.05) is 6.61 Å². The molecule has 1 saturated heterocycles. The van der Waals surface area contributed by atoms with E-state index >= 15 is 0 Å². The van der Waals surface area contributed by atoms with Crippen LogP contribution in [0.4, 0.5) is 0 Å². The van der Waals surface area contributed by atoms with Crippen molar-refractivity contribution in [1.82, 2.24) is 0 Å². The topological polar surface area (TPSA) is 21.8 Å². The fourth-order valence-electron chi connectivity index (χ4n) is 2.50. The van der Waals surface area contributed by atoms with Gasteiger partial charge in [-0.25, -0.2) is 0 Å². The zero-order valence-corrected chi connectivity index (χ0v) is 8.34. The van der Waals surface area contributed by atoms with Crippen LogP contribution in [0.25, 0.3) is 0 Å². The van der Waals surface area contributed by atoms with E-state index < -0.39 is 5.79 Å². The van der Waals surface area contributed by atoms with Crippen molar-refractivity contribution >= 4 is 0 Å². The van der Waals surface area contributed by atoms with Gasteiger partial charge in [0, 0.05) is 6.61 Å². The van der Waals surface area contributed by atoms with E-state index in [1.165, 1.54) is 19.3 Å². The highest BCUT2D eigenvalue weighted by molar-refractivity contribution is 5.19. The molecule has 0 aromatic rings. The maximum Gasteiger partial charge on any atom is 0.218 e. The first-order valence-electron chi connectivity index (χ1n) is 5.26. The Morgan fingerprint density at radius 3 is 2.62 bits per heavy atom. The van der Waals surface area contributed by atoms with Crippen LogP contribution in [0.1, 0.15) is 39.0 Å². The molecular weight excluding hydrogens is 164 g/mol. The van der Waals surface area contributed by atoms with Crippen LogP contribution in [0.3, 0.4) is 0 Å². The highest BCUT2D eigenvalue weighted by Crippen LogP contribution is 2.57. The number of ether oxygens (including phenoxy) is 2. The van der Waals surface area contributed by atoms with Gasteiger partial charge in [-0.15, -0.1) is 0 Å². The second kappa shape index (κ2) is 3.10. The van der Waals surface area contributed by atoms with E-state index in [4.69, 9.17) is 9.47 Å². The van der Waals surface area contributed by atoms with Crippen molar-refractivity contribution < 1.29 is 9.47 Å². The summed E-state index contributed by atoms with van der Waals surface area (Å²) in [5.74, 6) is -0.428. The van der Waals surface area contributed by atoms with E-state index in [1.54, 1.807) is 0 Å². The van der Waals surface area contributed by atoms with Gasteiger partial charge in [0.05, 0.1) is 0 Å². The average molecular weight is 182 g/mol. The highest BCUT2D eigenvalue weighted by Gasteiger charge is 2.69. The molecule has 1 atom stereocenters. The maximum atomic E-state index is 5.78. The SMILES string of the molecule is C=CC1(OCC)OC12CCCCC2. The molecular formula is C11H18O2. The van der Waals surface area contributed by atoms with Crippen molar-refractivity contribution in [3.05, 3.63) is 12.7 Å². The standard InChI is InChI=1S/C11H18O2/c1-3-11(12-4-2)10(13-11)8-6-5-7-9-10/h3H,1,4-9H2,2H3. The molecule has 2 heteroatoms. The predicted octanol–water partition coefficient (Wildman–Crippen LogP) is 2.64. The first kappa shape index (κ1) is 9.22. The van der Waals surface area contributed by atoms with E-state index in [9.17, 15) is 0 Å². The van der Waals surface area contributed by atoms with Crippen LogP contribution < -0.4 is 0 Å². The molecule has 0 aromatic carbocycles. The molecule has 74 valence electrons. The van der Waals surface area contributed by atoms with Gasteiger partial charge in [-0.1, -0.05) is 25.8 Å². The quantitative estimate of drug-likeness (QED) is 0.494. The Labute approximate surface area is 79.9 Å². The van der Waals surface area contributed by atoms with Crippen LogP contribution in [0, 0.1) is 0 Å². The minimum absolute atomic E-state index is 0.00299. The summed E-state index contributed by atoms with van der Waals surface area (Å²) in [4.78, 5) is 0. The third-order valence-electron chi connectivity index (χ3n) is 3.23. The Morgan fingerprint density at radius 2 is 2.08 bits per heavy atom. The fourth-order valence-corrected chi connectivity index (χ4v) is 2.50. The normalized spacial score (nSPS) is 36.1. The van der Waals surface area contributed by atoms with Gasteiger partial charge < -0.3 is 9.47 Å². The van der Waals surface area contributed by atoms with Gasteiger partial charge in [-0.05, 0) is 25.8 Å². The number of epoxide rings is 1. The van der Waals surface area contributed by atoms with Gasteiger partial charge in [0.1, 0.15) is 5.60 Å². The second-order valence-corrected chi connectivity index (χ2v) is 3.96. The Hall–Kier alpha value is -0.340. The minimum Gasteiger partial charge on any atom is -0.344 e. The molecule has 2 rings (SSSR count). The lowest BCUT2D eigenvalue weighted by Gasteiger charge is -2.21. The summed E-state index contributed by atoms with van der Waals surface area (Å²) in [6, 6.07) is 0. The van der Waals surface area contributed by atoms with E-state index in [0.717, 1.165) is 12.8 Å². The third-order valence-corrected chi connectivity index (χ3v) is 3.23. The van der Waals surface area contributed by atoms with Crippen molar-refractivity contribution in [2.45, 2.75) is 50.4 Å². The van der Waals surface area contributed by atoms with Gasteiger partial charge in [0.25, 0.3) is 0 Å². The summed E-state index contributed by atoms with van der Waals surface area (Å²) in [6.45, 7) is 6.52. The molecule has 2 nitrogen and oxygen atoms in total. The molecule has 1 unspecified atom stereocenters. The van der Waals surface area contributed by atoms with E-state index in [1.807, 2.05) is 13.0 Å². The monoisotopic (exact) mass is 182 g/mol. The van der Waals surface area contributed by atoms with Gasteiger partial charge >= 0.3 is 0 Å². The number of hydrogen-bond acceptors (Lipinski definition) is 2. The highest BCUT2D eigenvalue weighted by atomic mass is 16.8. The summed E-state index contributed by atoms with van der Waals surface area (Å²) >= 11 is 0. The molecule has 1 aliphatic carbocycles. The molecule has 13 heavy (non-hydrogen) atoms. The molecule has 0 N–H and O–H groups in total. The van der Waals surface area contributed by atoms with Crippen molar-refractivity contribution in [3.8, 4) is 0 Å². The molecule has 0 radical (unpaired) electrons. The zero-order valence-electron chi connectivity index (χ0n) is 8.34. The average Bonchev–Trinajstić information content (AvgIpc) is 2.76. The maximum absolute atomic E-state index is 5.78. The summed E-state index contributed by atoms with van der Waals surface area (Å²) in [6.07, 6.45) is 7.98. The lowest BCUT2D eigenvalue weighted by molar-refractivity contribution is -0.00125. The van der Waals surface area contributed by atoms with Crippen LogP contribution in [-0.2, 0) is 9.47 Å². The summed E-state index contributed by atoms with van der Waals surface area (Å²) < 4.78 is 11.4. The van der Waals surface area contributed by atoms with Crippen molar-refractivity contribution in [1.29, 1.82) is 0 Å². The molecule has 1 aliphatic heterocycles.